The molecule has 126 valence electrons. The number of aryl methyl sites for hydroxylation is 1. The van der Waals surface area contributed by atoms with Crippen LogP contribution < -0.4 is 0 Å². The van der Waals surface area contributed by atoms with Gasteiger partial charge < -0.3 is 0 Å². The number of nitrogens with zero attached hydrogens (tertiary/aromatic N) is 1. The molecule has 2 rings (SSSR count). The van der Waals surface area contributed by atoms with E-state index in [2.05, 4.69) is 25.1 Å². The van der Waals surface area contributed by atoms with Crippen molar-refractivity contribution in [2.75, 3.05) is 7.05 Å². The number of fused-ring (bicyclic) bond motifs is 1. The molecule has 1 unspecified atom stereocenters. The van der Waals surface area contributed by atoms with Crippen molar-refractivity contribution in [2.45, 2.75) is 64.4 Å². The molecule has 1 aromatic rings. The molecular formula is C17H26F3NS. The molecule has 22 heavy (non-hydrogen) atoms. The zero-order valence-corrected chi connectivity index (χ0v) is 15.0. The monoisotopic (exact) mass is 333 g/mol. The number of halogens is 3. The van der Waals surface area contributed by atoms with E-state index in [0.717, 1.165) is 24.0 Å². The van der Waals surface area contributed by atoms with Crippen molar-refractivity contribution < 1.29 is 13.2 Å². The molecule has 0 bridgehead atoms. The van der Waals surface area contributed by atoms with E-state index in [1.807, 2.05) is 20.9 Å². The third kappa shape index (κ3) is 4.92. The largest absolute Gasteiger partial charge is 0.416 e. The summed E-state index contributed by atoms with van der Waals surface area (Å²) >= 11 is 1.74. The molecule has 0 saturated heterocycles. The molecule has 0 aliphatic heterocycles. The minimum atomic E-state index is -4.25. The van der Waals surface area contributed by atoms with Gasteiger partial charge >= 0.3 is 6.18 Å². The zero-order chi connectivity index (χ0) is 17.1. The van der Waals surface area contributed by atoms with Crippen molar-refractivity contribution in [3.05, 3.63) is 34.9 Å². The van der Waals surface area contributed by atoms with Gasteiger partial charge in [-0.2, -0.15) is 13.2 Å². The van der Waals surface area contributed by atoms with E-state index in [1.165, 1.54) is 12.1 Å². The molecule has 1 aromatic carbocycles. The summed E-state index contributed by atoms with van der Waals surface area (Å²) in [5, 5.41) is 0. The predicted molar refractivity (Wildman–Crippen MR) is 89.0 cm³/mol. The van der Waals surface area contributed by atoms with E-state index in [0.29, 0.717) is 0 Å². The average molecular weight is 333 g/mol. The number of hydrogen-bond donors (Lipinski definition) is 0. The highest BCUT2D eigenvalue weighted by molar-refractivity contribution is 7.98. The normalized spacial score (nSPS) is 18.0. The van der Waals surface area contributed by atoms with Crippen molar-refractivity contribution in [1.29, 1.82) is 0 Å². The molecule has 0 spiro atoms. The Morgan fingerprint density at radius 1 is 1.14 bits per heavy atom. The first-order valence-corrected chi connectivity index (χ1v) is 8.47. The van der Waals surface area contributed by atoms with Crippen molar-refractivity contribution >= 4 is 11.9 Å². The van der Waals surface area contributed by atoms with Crippen molar-refractivity contribution in [3.63, 3.8) is 0 Å². The van der Waals surface area contributed by atoms with Crippen LogP contribution in [0.1, 0.15) is 63.8 Å². The Kier molecular flexibility index (Phi) is 6.39. The smallest absolute Gasteiger partial charge is 0.246 e. The third-order valence-corrected chi connectivity index (χ3v) is 4.46. The highest BCUT2D eigenvalue weighted by Crippen LogP contribution is 2.42. The summed E-state index contributed by atoms with van der Waals surface area (Å²) in [7, 11) is 2.02. The van der Waals surface area contributed by atoms with E-state index in [1.54, 1.807) is 18.0 Å². The molecule has 1 aliphatic carbocycles. The van der Waals surface area contributed by atoms with Gasteiger partial charge in [0.1, 0.15) is 0 Å². The molecule has 0 radical (unpaired) electrons. The fraction of sp³-hybridized carbons (Fsp3) is 0.647. The fourth-order valence-electron chi connectivity index (χ4n) is 2.64. The molecule has 5 heteroatoms. The van der Waals surface area contributed by atoms with Gasteiger partial charge in [-0.25, -0.2) is 4.31 Å². The van der Waals surface area contributed by atoms with Gasteiger partial charge in [0.15, 0.2) is 0 Å². The lowest BCUT2D eigenvalue weighted by Gasteiger charge is -2.30. The van der Waals surface area contributed by atoms with Crippen LogP contribution in [-0.4, -0.2) is 16.1 Å². The molecule has 0 N–H and O–H groups in total. The van der Waals surface area contributed by atoms with Gasteiger partial charge in [-0.05, 0) is 63.9 Å². The molecule has 0 aromatic heterocycles. The second-order valence-corrected chi connectivity index (χ2v) is 8.20. The van der Waals surface area contributed by atoms with Crippen molar-refractivity contribution in [2.24, 2.45) is 0 Å². The Bertz CT molecular complexity index is 492. The van der Waals surface area contributed by atoms with Crippen LogP contribution in [0.15, 0.2) is 18.2 Å². The lowest BCUT2D eigenvalue weighted by atomic mass is 10.0. The van der Waals surface area contributed by atoms with E-state index < -0.39 is 11.7 Å². The number of hydrogen-bond acceptors (Lipinski definition) is 2. The second kappa shape index (κ2) is 7.26. The maximum absolute atomic E-state index is 12.7. The Labute approximate surface area is 136 Å². The minimum Gasteiger partial charge on any atom is -0.246 e. The fourth-order valence-corrected chi connectivity index (χ4v) is 3.85. The Morgan fingerprint density at radius 3 is 2.23 bits per heavy atom. The summed E-state index contributed by atoms with van der Waals surface area (Å²) in [6.07, 6.45) is -2.64. The molecule has 0 fully saturated rings. The average Bonchev–Trinajstić information content (AvgIpc) is 2.81. The van der Waals surface area contributed by atoms with Crippen LogP contribution in [-0.2, 0) is 12.6 Å². The summed E-state index contributed by atoms with van der Waals surface area (Å²) in [6, 6.07) is 4.37. The standard InChI is InChI=1S/C15H20F3NS.C2H6/c1-14(2,3)20-19(4)13-8-5-10-9-11(15(16,17)18)6-7-12(10)13;1-2/h6-7,9,13H,5,8H2,1-4H3;1-2H3. The summed E-state index contributed by atoms with van der Waals surface area (Å²) in [4.78, 5) is 0. The highest BCUT2D eigenvalue weighted by Gasteiger charge is 2.34. The van der Waals surface area contributed by atoms with Crippen LogP contribution in [0.2, 0.25) is 0 Å². The van der Waals surface area contributed by atoms with Crippen molar-refractivity contribution in [3.8, 4) is 0 Å². The van der Waals surface area contributed by atoms with Crippen LogP contribution in [0.25, 0.3) is 0 Å². The van der Waals surface area contributed by atoms with Crippen LogP contribution in [0.3, 0.4) is 0 Å². The summed E-state index contributed by atoms with van der Waals surface area (Å²) < 4.78 is 40.4. The Morgan fingerprint density at radius 2 is 1.73 bits per heavy atom. The van der Waals surface area contributed by atoms with Crippen LogP contribution >= 0.6 is 11.9 Å². The summed E-state index contributed by atoms with van der Waals surface area (Å²) in [5.41, 5.74) is 1.34. The first-order valence-electron chi connectivity index (χ1n) is 7.70. The quantitative estimate of drug-likeness (QED) is 0.602. The second-order valence-electron chi connectivity index (χ2n) is 6.22. The molecular weight excluding hydrogens is 307 g/mol. The van der Waals surface area contributed by atoms with Gasteiger partial charge in [-0.3, -0.25) is 0 Å². The molecule has 0 amide bonds. The first-order chi connectivity index (χ1) is 10.1. The van der Waals surface area contributed by atoms with Crippen molar-refractivity contribution in [1.82, 2.24) is 4.31 Å². The molecule has 0 saturated carbocycles. The zero-order valence-electron chi connectivity index (χ0n) is 14.2. The summed E-state index contributed by atoms with van der Waals surface area (Å²) in [6.45, 7) is 10.4. The Balaban J connectivity index is 0.00000116. The van der Waals surface area contributed by atoms with Gasteiger partial charge in [0.05, 0.1) is 5.56 Å². The SMILES string of the molecule is CC.CN(SC(C)(C)C)C1CCc2cc(C(F)(F)F)ccc21. The third-order valence-electron chi connectivity index (χ3n) is 3.37. The van der Waals surface area contributed by atoms with Crippen LogP contribution in [0.5, 0.6) is 0 Å². The molecule has 1 aliphatic rings. The van der Waals surface area contributed by atoms with Gasteiger partial charge in [-0.1, -0.05) is 31.9 Å². The molecule has 1 nitrogen and oxygen atoms in total. The van der Waals surface area contributed by atoms with E-state index in [4.69, 9.17) is 0 Å². The molecule has 1 atom stereocenters. The van der Waals surface area contributed by atoms with E-state index >= 15 is 0 Å². The molecule has 0 heterocycles. The maximum atomic E-state index is 12.7. The maximum Gasteiger partial charge on any atom is 0.416 e. The topological polar surface area (TPSA) is 3.24 Å². The number of alkyl halides is 3. The first kappa shape index (κ1) is 19.4. The number of benzene rings is 1. The minimum absolute atomic E-state index is 0.101. The lowest BCUT2D eigenvalue weighted by Crippen LogP contribution is -2.23. The van der Waals surface area contributed by atoms with E-state index in [9.17, 15) is 13.2 Å². The van der Waals surface area contributed by atoms with Gasteiger partial charge in [0.25, 0.3) is 0 Å². The number of rotatable bonds is 2. The van der Waals surface area contributed by atoms with E-state index in [-0.39, 0.29) is 10.8 Å². The van der Waals surface area contributed by atoms with Gasteiger partial charge in [0.2, 0.25) is 0 Å². The highest BCUT2D eigenvalue weighted by atomic mass is 32.2. The Hall–Kier alpha value is -0.680. The van der Waals surface area contributed by atoms with Gasteiger partial charge in [-0.15, -0.1) is 0 Å². The van der Waals surface area contributed by atoms with Crippen LogP contribution in [0.4, 0.5) is 13.2 Å². The predicted octanol–water partition coefficient (Wildman–Crippen LogP) is 6.10. The van der Waals surface area contributed by atoms with Crippen LogP contribution in [0, 0.1) is 0 Å². The summed E-state index contributed by atoms with van der Waals surface area (Å²) in [5.74, 6) is 0. The van der Waals surface area contributed by atoms with Gasteiger partial charge in [0, 0.05) is 10.8 Å². The lowest BCUT2D eigenvalue weighted by molar-refractivity contribution is -0.137.